The summed E-state index contributed by atoms with van der Waals surface area (Å²) in [5.74, 6) is 0.852. The smallest absolute Gasteiger partial charge is 0.211 e. The Morgan fingerprint density at radius 3 is 3.00 bits per heavy atom. The molecule has 1 rings (SSSR count). The van der Waals surface area contributed by atoms with Crippen molar-refractivity contribution in [3.8, 4) is 5.88 Å². The van der Waals surface area contributed by atoms with Crippen LogP contribution in [0.15, 0.2) is 12.3 Å². The van der Waals surface area contributed by atoms with Gasteiger partial charge < -0.3 is 4.74 Å². The molecule has 0 aliphatic carbocycles. The van der Waals surface area contributed by atoms with Gasteiger partial charge in [0.25, 0.3) is 0 Å². The van der Waals surface area contributed by atoms with Crippen molar-refractivity contribution >= 4 is 0 Å². The van der Waals surface area contributed by atoms with E-state index in [9.17, 15) is 0 Å². The zero-order chi connectivity index (χ0) is 7.40. The second-order valence-corrected chi connectivity index (χ2v) is 1.92. The van der Waals surface area contributed by atoms with Crippen molar-refractivity contribution in [3.05, 3.63) is 12.3 Å². The van der Waals surface area contributed by atoms with Crippen LogP contribution in [0.5, 0.6) is 5.88 Å². The van der Waals surface area contributed by atoms with E-state index in [0.717, 1.165) is 12.4 Å². The lowest BCUT2D eigenvalue weighted by Crippen LogP contribution is -2.02. The zero-order valence-electron chi connectivity index (χ0n) is 6.37. The van der Waals surface area contributed by atoms with Crippen LogP contribution < -0.4 is 4.74 Å². The Labute approximate surface area is 60.6 Å². The molecule has 1 heterocycles. The molecule has 0 unspecified atom stereocenters. The Hall–Kier alpha value is -0.990. The highest BCUT2D eigenvalue weighted by Gasteiger charge is 1.97. The molecule has 1 aromatic heterocycles. The van der Waals surface area contributed by atoms with E-state index in [4.69, 9.17) is 4.74 Å². The molecule has 0 aromatic carbocycles. The van der Waals surface area contributed by atoms with Gasteiger partial charge in [0, 0.05) is 12.6 Å². The molecule has 0 spiro atoms. The average Bonchev–Trinajstić information content (AvgIpc) is 2.36. The van der Waals surface area contributed by atoms with Gasteiger partial charge in [-0.1, -0.05) is 0 Å². The first-order valence-corrected chi connectivity index (χ1v) is 3.53. The molecule has 10 heavy (non-hydrogen) atoms. The van der Waals surface area contributed by atoms with E-state index >= 15 is 0 Å². The molecule has 3 heteroatoms. The number of rotatable bonds is 3. The van der Waals surface area contributed by atoms with Crippen LogP contribution in [0, 0.1) is 0 Å². The largest absolute Gasteiger partial charge is 0.478 e. The molecule has 0 bridgehead atoms. The van der Waals surface area contributed by atoms with Gasteiger partial charge in [-0.2, -0.15) is 5.10 Å². The summed E-state index contributed by atoms with van der Waals surface area (Å²) in [6.45, 7) is 5.57. The number of aromatic nitrogens is 2. The van der Waals surface area contributed by atoms with Crippen molar-refractivity contribution in [1.82, 2.24) is 9.78 Å². The van der Waals surface area contributed by atoms with Crippen LogP contribution in [0.25, 0.3) is 0 Å². The maximum absolute atomic E-state index is 5.27. The second kappa shape index (κ2) is 3.25. The molecular weight excluding hydrogens is 128 g/mol. The lowest BCUT2D eigenvalue weighted by molar-refractivity contribution is 0.303. The Bertz CT molecular complexity index is 195. The predicted molar refractivity (Wildman–Crippen MR) is 39.1 cm³/mol. The third-order valence-corrected chi connectivity index (χ3v) is 1.27. The van der Waals surface area contributed by atoms with Gasteiger partial charge in [0.15, 0.2) is 0 Å². The molecule has 0 aliphatic heterocycles. The van der Waals surface area contributed by atoms with Crippen LogP contribution >= 0.6 is 0 Å². The standard InChI is InChI=1S/C7H12N2O/c1-3-9-7(10-4-2)5-6-8-9/h5-6H,3-4H2,1-2H3. The highest BCUT2D eigenvalue weighted by Crippen LogP contribution is 2.07. The maximum atomic E-state index is 5.27. The normalized spacial score (nSPS) is 9.80. The molecule has 0 amide bonds. The Kier molecular flexibility index (Phi) is 2.31. The fraction of sp³-hybridized carbons (Fsp3) is 0.571. The van der Waals surface area contributed by atoms with Crippen molar-refractivity contribution in [2.24, 2.45) is 0 Å². The molecular formula is C7H12N2O. The minimum absolute atomic E-state index is 0.700. The van der Waals surface area contributed by atoms with Crippen molar-refractivity contribution in [1.29, 1.82) is 0 Å². The van der Waals surface area contributed by atoms with Crippen LogP contribution in [0.1, 0.15) is 13.8 Å². The number of aryl methyl sites for hydroxylation is 1. The fourth-order valence-corrected chi connectivity index (χ4v) is 0.829. The third-order valence-electron chi connectivity index (χ3n) is 1.27. The van der Waals surface area contributed by atoms with E-state index in [1.807, 2.05) is 24.6 Å². The summed E-state index contributed by atoms with van der Waals surface area (Å²) in [4.78, 5) is 0. The Morgan fingerprint density at radius 2 is 2.40 bits per heavy atom. The van der Waals surface area contributed by atoms with Gasteiger partial charge in [0.1, 0.15) is 0 Å². The van der Waals surface area contributed by atoms with Crippen LogP contribution in [0.4, 0.5) is 0 Å². The summed E-state index contributed by atoms with van der Waals surface area (Å²) in [5.41, 5.74) is 0. The molecule has 0 radical (unpaired) electrons. The summed E-state index contributed by atoms with van der Waals surface area (Å²) < 4.78 is 7.09. The number of ether oxygens (including phenoxy) is 1. The summed E-state index contributed by atoms with van der Waals surface area (Å²) in [6, 6.07) is 1.87. The quantitative estimate of drug-likeness (QED) is 0.632. The van der Waals surface area contributed by atoms with E-state index in [1.165, 1.54) is 0 Å². The number of hydrogen-bond acceptors (Lipinski definition) is 2. The van der Waals surface area contributed by atoms with Crippen LogP contribution in [0.2, 0.25) is 0 Å². The zero-order valence-corrected chi connectivity index (χ0v) is 6.37. The maximum Gasteiger partial charge on any atom is 0.211 e. The van der Waals surface area contributed by atoms with Crippen LogP contribution in [-0.4, -0.2) is 16.4 Å². The summed E-state index contributed by atoms with van der Waals surface area (Å²) in [7, 11) is 0. The summed E-state index contributed by atoms with van der Waals surface area (Å²) >= 11 is 0. The van der Waals surface area contributed by atoms with Crippen molar-refractivity contribution < 1.29 is 4.74 Å². The highest BCUT2D eigenvalue weighted by molar-refractivity contribution is 5.06. The predicted octanol–water partition coefficient (Wildman–Crippen LogP) is 1.30. The first-order chi connectivity index (χ1) is 4.88. The first kappa shape index (κ1) is 7.12. The minimum Gasteiger partial charge on any atom is -0.478 e. The third kappa shape index (κ3) is 1.29. The minimum atomic E-state index is 0.700. The van der Waals surface area contributed by atoms with E-state index < -0.39 is 0 Å². The monoisotopic (exact) mass is 140 g/mol. The van der Waals surface area contributed by atoms with Gasteiger partial charge in [-0.05, 0) is 13.8 Å². The van der Waals surface area contributed by atoms with E-state index in [-0.39, 0.29) is 0 Å². The molecule has 0 atom stereocenters. The van der Waals surface area contributed by atoms with Crippen molar-refractivity contribution in [2.45, 2.75) is 20.4 Å². The molecule has 0 aliphatic rings. The molecule has 3 nitrogen and oxygen atoms in total. The van der Waals surface area contributed by atoms with E-state index in [1.54, 1.807) is 6.20 Å². The van der Waals surface area contributed by atoms with Gasteiger partial charge in [0.2, 0.25) is 5.88 Å². The molecule has 0 saturated heterocycles. The summed E-state index contributed by atoms with van der Waals surface area (Å²) in [5, 5.41) is 4.04. The fourth-order valence-electron chi connectivity index (χ4n) is 0.829. The molecule has 56 valence electrons. The molecule has 1 aromatic rings. The second-order valence-electron chi connectivity index (χ2n) is 1.92. The van der Waals surface area contributed by atoms with E-state index in [2.05, 4.69) is 5.10 Å². The lowest BCUT2D eigenvalue weighted by Gasteiger charge is -2.03. The first-order valence-electron chi connectivity index (χ1n) is 3.53. The number of nitrogens with zero attached hydrogens (tertiary/aromatic N) is 2. The summed E-state index contributed by atoms with van der Waals surface area (Å²) in [6.07, 6.45) is 1.74. The topological polar surface area (TPSA) is 27.1 Å². The Morgan fingerprint density at radius 1 is 1.60 bits per heavy atom. The average molecular weight is 140 g/mol. The van der Waals surface area contributed by atoms with Crippen LogP contribution in [-0.2, 0) is 6.54 Å². The van der Waals surface area contributed by atoms with Gasteiger partial charge in [-0.3, -0.25) is 0 Å². The van der Waals surface area contributed by atoms with Crippen LogP contribution in [0.3, 0.4) is 0 Å². The van der Waals surface area contributed by atoms with Gasteiger partial charge >= 0.3 is 0 Å². The highest BCUT2D eigenvalue weighted by atomic mass is 16.5. The molecule has 0 fully saturated rings. The van der Waals surface area contributed by atoms with Gasteiger partial charge in [-0.15, -0.1) is 0 Å². The van der Waals surface area contributed by atoms with Gasteiger partial charge in [-0.25, -0.2) is 4.68 Å². The SMILES string of the molecule is CCOc1ccnn1CC. The van der Waals surface area contributed by atoms with Gasteiger partial charge in [0.05, 0.1) is 12.8 Å². The molecule has 0 saturated carbocycles. The van der Waals surface area contributed by atoms with Crippen molar-refractivity contribution in [3.63, 3.8) is 0 Å². The van der Waals surface area contributed by atoms with Crippen molar-refractivity contribution in [2.75, 3.05) is 6.61 Å². The Balaban J connectivity index is 2.70. The molecule has 0 N–H and O–H groups in total. The lowest BCUT2D eigenvalue weighted by atomic mass is 10.6. The number of hydrogen-bond donors (Lipinski definition) is 0. The van der Waals surface area contributed by atoms with E-state index in [0.29, 0.717) is 6.61 Å².